The molecular formula is C13H12Cl2FNO. The Balaban J connectivity index is 2.17. The molecule has 18 heavy (non-hydrogen) atoms. The topological polar surface area (TPSA) is 25.2 Å². The van der Waals surface area contributed by atoms with Gasteiger partial charge in [-0.05, 0) is 54.9 Å². The van der Waals surface area contributed by atoms with Crippen LogP contribution in [0.2, 0.25) is 10.2 Å². The highest BCUT2D eigenvalue weighted by molar-refractivity contribution is 6.30. The normalized spacial score (nSPS) is 12.7. The van der Waals surface area contributed by atoms with Gasteiger partial charge in [-0.3, -0.25) is 0 Å². The van der Waals surface area contributed by atoms with Gasteiger partial charge in [0, 0.05) is 0 Å². The van der Waals surface area contributed by atoms with Crippen molar-refractivity contribution >= 4 is 23.2 Å². The van der Waals surface area contributed by atoms with Crippen LogP contribution < -0.4 is 5.32 Å². The van der Waals surface area contributed by atoms with Crippen molar-refractivity contribution in [1.82, 2.24) is 5.32 Å². The molecule has 0 aliphatic heterocycles. The molecule has 0 spiro atoms. The second-order valence-electron chi connectivity index (χ2n) is 3.94. The molecule has 5 heteroatoms. The van der Waals surface area contributed by atoms with Crippen LogP contribution in [0.15, 0.2) is 34.7 Å². The quantitative estimate of drug-likeness (QED) is 0.910. The molecule has 0 radical (unpaired) electrons. The first-order valence-corrected chi connectivity index (χ1v) is 6.22. The van der Waals surface area contributed by atoms with Gasteiger partial charge in [-0.2, -0.15) is 0 Å². The van der Waals surface area contributed by atoms with E-state index in [1.54, 1.807) is 24.3 Å². The van der Waals surface area contributed by atoms with Crippen molar-refractivity contribution in [3.63, 3.8) is 0 Å². The SMILES string of the molecule is CNC(Cc1ccc(Cl)c(F)c1)c1ccc(Cl)o1. The predicted molar refractivity (Wildman–Crippen MR) is 70.6 cm³/mol. The second-order valence-corrected chi connectivity index (χ2v) is 4.72. The van der Waals surface area contributed by atoms with Crippen LogP contribution >= 0.6 is 23.2 Å². The first-order valence-electron chi connectivity index (χ1n) is 5.46. The van der Waals surface area contributed by atoms with Gasteiger partial charge in [-0.15, -0.1) is 0 Å². The van der Waals surface area contributed by atoms with E-state index in [4.69, 9.17) is 27.6 Å². The van der Waals surface area contributed by atoms with Crippen molar-refractivity contribution in [2.75, 3.05) is 7.05 Å². The molecule has 1 heterocycles. The average Bonchev–Trinajstić information content (AvgIpc) is 2.77. The van der Waals surface area contributed by atoms with E-state index in [9.17, 15) is 4.39 Å². The smallest absolute Gasteiger partial charge is 0.193 e. The Hall–Kier alpha value is -1.03. The van der Waals surface area contributed by atoms with Crippen molar-refractivity contribution in [2.45, 2.75) is 12.5 Å². The summed E-state index contributed by atoms with van der Waals surface area (Å²) in [6, 6.07) is 8.20. The first kappa shape index (κ1) is 13.4. The van der Waals surface area contributed by atoms with Crippen LogP contribution in [-0.4, -0.2) is 7.05 Å². The molecule has 1 unspecified atom stereocenters. The van der Waals surface area contributed by atoms with Crippen LogP contribution in [0.3, 0.4) is 0 Å². The van der Waals surface area contributed by atoms with Crippen molar-refractivity contribution < 1.29 is 8.81 Å². The molecule has 2 nitrogen and oxygen atoms in total. The molecular weight excluding hydrogens is 276 g/mol. The summed E-state index contributed by atoms with van der Waals surface area (Å²) in [4.78, 5) is 0. The number of hydrogen-bond donors (Lipinski definition) is 1. The zero-order chi connectivity index (χ0) is 13.1. The molecule has 1 aromatic carbocycles. The first-order chi connectivity index (χ1) is 8.60. The molecule has 0 saturated carbocycles. The monoisotopic (exact) mass is 287 g/mol. The van der Waals surface area contributed by atoms with Gasteiger partial charge in [0.25, 0.3) is 0 Å². The van der Waals surface area contributed by atoms with E-state index in [0.29, 0.717) is 11.6 Å². The summed E-state index contributed by atoms with van der Waals surface area (Å²) in [7, 11) is 1.81. The molecule has 0 saturated heterocycles. The van der Waals surface area contributed by atoms with Crippen molar-refractivity contribution in [1.29, 1.82) is 0 Å². The molecule has 2 rings (SSSR count). The maximum atomic E-state index is 13.3. The zero-order valence-corrected chi connectivity index (χ0v) is 11.2. The van der Waals surface area contributed by atoms with Gasteiger partial charge < -0.3 is 9.73 Å². The summed E-state index contributed by atoms with van der Waals surface area (Å²) in [5.41, 5.74) is 0.837. The maximum absolute atomic E-state index is 13.3. The number of nitrogens with one attached hydrogen (secondary N) is 1. The number of furan rings is 1. The summed E-state index contributed by atoms with van der Waals surface area (Å²) >= 11 is 11.4. The summed E-state index contributed by atoms with van der Waals surface area (Å²) in [5.74, 6) is 0.305. The predicted octanol–water partition coefficient (Wildman–Crippen LogP) is 4.23. The fourth-order valence-electron chi connectivity index (χ4n) is 1.76. The van der Waals surface area contributed by atoms with E-state index in [1.807, 2.05) is 7.05 Å². The van der Waals surface area contributed by atoms with Crippen LogP contribution in [0.4, 0.5) is 4.39 Å². The lowest BCUT2D eigenvalue weighted by atomic mass is 10.0. The number of hydrogen-bond acceptors (Lipinski definition) is 2. The van der Waals surface area contributed by atoms with Crippen LogP contribution in [0.1, 0.15) is 17.4 Å². The number of benzene rings is 1. The Bertz CT molecular complexity index is 542. The summed E-state index contributed by atoms with van der Waals surface area (Å²) in [5, 5.41) is 3.57. The van der Waals surface area contributed by atoms with Gasteiger partial charge in [0.05, 0.1) is 11.1 Å². The highest BCUT2D eigenvalue weighted by atomic mass is 35.5. The Morgan fingerprint density at radius 3 is 2.61 bits per heavy atom. The third-order valence-electron chi connectivity index (χ3n) is 2.71. The molecule has 0 amide bonds. The van der Waals surface area contributed by atoms with Gasteiger partial charge in [0.1, 0.15) is 11.6 Å². The minimum absolute atomic E-state index is 0.0573. The number of likely N-dealkylation sites (N-methyl/N-ethyl adjacent to an activating group) is 1. The average molecular weight is 288 g/mol. The minimum atomic E-state index is -0.415. The maximum Gasteiger partial charge on any atom is 0.193 e. The third kappa shape index (κ3) is 3.05. The van der Waals surface area contributed by atoms with Gasteiger partial charge in [0.15, 0.2) is 5.22 Å². The van der Waals surface area contributed by atoms with E-state index in [1.165, 1.54) is 6.07 Å². The molecule has 0 aliphatic rings. The van der Waals surface area contributed by atoms with Crippen LogP contribution in [0.25, 0.3) is 0 Å². The minimum Gasteiger partial charge on any atom is -0.448 e. The molecule has 2 aromatic rings. The Morgan fingerprint density at radius 2 is 2.06 bits per heavy atom. The molecule has 96 valence electrons. The van der Waals surface area contributed by atoms with Gasteiger partial charge in [-0.25, -0.2) is 4.39 Å². The Kier molecular flexibility index (Phi) is 4.27. The summed E-state index contributed by atoms with van der Waals surface area (Å²) in [6.07, 6.45) is 0.592. The largest absolute Gasteiger partial charge is 0.448 e. The Labute approximate surface area is 115 Å². The molecule has 1 N–H and O–H groups in total. The van der Waals surface area contributed by atoms with E-state index in [2.05, 4.69) is 5.32 Å². The van der Waals surface area contributed by atoms with Gasteiger partial charge in [-0.1, -0.05) is 17.7 Å². The fourth-order valence-corrected chi connectivity index (χ4v) is 2.03. The molecule has 0 aliphatic carbocycles. The molecule has 1 atom stereocenters. The molecule has 0 fully saturated rings. The summed E-state index contributed by atoms with van der Waals surface area (Å²) in [6.45, 7) is 0. The zero-order valence-electron chi connectivity index (χ0n) is 9.71. The van der Waals surface area contributed by atoms with Crippen molar-refractivity contribution in [3.8, 4) is 0 Å². The van der Waals surface area contributed by atoms with Gasteiger partial charge >= 0.3 is 0 Å². The van der Waals surface area contributed by atoms with Gasteiger partial charge in [0.2, 0.25) is 0 Å². The lowest BCUT2D eigenvalue weighted by Gasteiger charge is -2.13. The highest BCUT2D eigenvalue weighted by Gasteiger charge is 2.15. The van der Waals surface area contributed by atoms with Crippen molar-refractivity contribution in [2.24, 2.45) is 0 Å². The van der Waals surface area contributed by atoms with E-state index in [0.717, 1.165) is 11.3 Å². The molecule has 0 bridgehead atoms. The second kappa shape index (κ2) is 5.74. The van der Waals surface area contributed by atoms with Crippen LogP contribution in [-0.2, 0) is 6.42 Å². The summed E-state index contributed by atoms with van der Waals surface area (Å²) < 4.78 is 18.7. The van der Waals surface area contributed by atoms with E-state index >= 15 is 0 Å². The van der Waals surface area contributed by atoms with Crippen molar-refractivity contribution in [3.05, 3.63) is 57.7 Å². The van der Waals surface area contributed by atoms with E-state index in [-0.39, 0.29) is 11.1 Å². The lowest BCUT2D eigenvalue weighted by molar-refractivity contribution is 0.430. The highest BCUT2D eigenvalue weighted by Crippen LogP contribution is 2.24. The van der Waals surface area contributed by atoms with E-state index < -0.39 is 5.82 Å². The third-order valence-corrected chi connectivity index (χ3v) is 3.22. The number of halogens is 3. The molecule has 1 aromatic heterocycles. The lowest BCUT2D eigenvalue weighted by Crippen LogP contribution is -2.18. The standard InChI is InChI=1S/C13H12Cl2FNO/c1-17-11(12-4-5-13(15)18-12)7-8-2-3-9(14)10(16)6-8/h2-6,11,17H,7H2,1H3. The number of rotatable bonds is 4. The fraction of sp³-hybridized carbons (Fsp3) is 0.231. The Morgan fingerprint density at radius 1 is 1.28 bits per heavy atom. The van der Waals surface area contributed by atoms with Crippen LogP contribution in [0, 0.1) is 5.82 Å². The van der Waals surface area contributed by atoms with Crippen LogP contribution in [0.5, 0.6) is 0 Å².